The highest BCUT2D eigenvalue weighted by Gasteiger charge is 2.24. The van der Waals surface area contributed by atoms with Crippen molar-refractivity contribution in [3.63, 3.8) is 0 Å². The zero-order valence-corrected chi connectivity index (χ0v) is 19.1. The Kier molecular flexibility index (Phi) is 5.87. The van der Waals surface area contributed by atoms with Gasteiger partial charge in [-0.1, -0.05) is 42.5 Å². The standard InChI is InChI=1S/C26H27O2P/c1-14-10-12-20(18(5)16(14)3)25(27)22-8-7-9-23(29)24(22)26(28)21-13-11-15(2)17(4)19(21)6/h7-13H,29H2,1-6H3. The lowest BCUT2D eigenvalue weighted by Gasteiger charge is -2.16. The normalized spacial score (nSPS) is 10.9. The van der Waals surface area contributed by atoms with Crippen molar-refractivity contribution in [2.24, 2.45) is 0 Å². The SMILES string of the molecule is Cc1ccc(C(=O)c2cccc(P)c2C(=O)c2ccc(C)c(C)c2C)c(C)c1C. The van der Waals surface area contributed by atoms with E-state index in [9.17, 15) is 9.59 Å². The molecule has 0 aliphatic rings. The van der Waals surface area contributed by atoms with Crippen molar-refractivity contribution >= 4 is 26.1 Å². The average Bonchev–Trinajstić information content (AvgIpc) is 2.69. The first-order chi connectivity index (χ1) is 13.6. The summed E-state index contributed by atoms with van der Waals surface area (Å²) in [7, 11) is 2.62. The van der Waals surface area contributed by atoms with E-state index in [0.29, 0.717) is 22.3 Å². The van der Waals surface area contributed by atoms with Crippen LogP contribution >= 0.6 is 9.24 Å². The number of ketones is 2. The van der Waals surface area contributed by atoms with Gasteiger partial charge < -0.3 is 0 Å². The van der Waals surface area contributed by atoms with Crippen molar-refractivity contribution < 1.29 is 9.59 Å². The minimum Gasteiger partial charge on any atom is -0.289 e. The maximum atomic E-state index is 13.5. The Morgan fingerprint density at radius 2 is 1.07 bits per heavy atom. The molecule has 0 saturated heterocycles. The molecule has 3 heteroatoms. The van der Waals surface area contributed by atoms with E-state index in [4.69, 9.17) is 0 Å². The van der Waals surface area contributed by atoms with Gasteiger partial charge in [0.2, 0.25) is 0 Å². The summed E-state index contributed by atoms with van der Waals surface area (Å²) in [5.74, 6) is -0.222. The second-order valence-corrected chi connectivity index (χ2v) is 8.41. The Morgan fingerprint density at radius 1 is 0.586 bits per heavy atom. The van der Waals surface area contributed by atoms with Crippen LogP contribution in [0.25, 0.3) is 0 Å². The summed E-state index contributed by atoms with van der Waals surface area (Å²) < 4.78 is 0. The van der Waals surface area contributed by atoms with Crippen molar-refractivity contribution in [3.05, 3.63) is 98.1 Å². The first-order valence-electron chi connectivity index (χ1n) is 9.76. The van der Waals surface area contributed by atoms with Gasteiger partial charge in [0.05, 0.1) is 0 Å². The van der Waals surface area contributed by atoms with Crippen molar-refractivity contribution in [1.29, 1.82) is 0 Å². The molecule has 0 fully saturated rings. The maximum absolute atomic E-state index is 13.5. The van der Waals surface area contributed by atoms with Crippen LogP contribution in [-0.2, 0) is 0 Å². The molecule has 1 atom stereocenters. The van der Waals surface area contributed by atoms with E-state index in [1.54, 1.807) is 6.07 Å². The molecule has 0 bridgehead atoms. The highest BCUT2D eigenvalue weighted by Crippen LogP contribution is 2.25. The molecule has 29 heavy (non-hydrogen) atoms. The van der Waals surface area contributed by atoms with Gasteiger partial charge in [-0.15, -0.1) is 9.24 Å². The van der Waals surface area contributed by atoms with Crippen LogP contribution in [0.2, 0.25) is 0 Å². The Morgan fingerprint density at radius 3 is 1.59 bits per heavy atom. The van der Waals surface area contributed by atoms with Crippen molar-refractivity contribution in [3.8, 4) is 0 Å². The van der Waals surface area contributed by atoms with E-state index in [-0.39, 0.29) is 11.6 Å². The highest BCUT2D eigenvalue weighted by atomic mass is 31.0. The van der Waals surface area contributed by atoms with Gasteiger partial charge in [-0.25, -0.2) is 0 Å². The summed E-state index contributed by atoms with van der Waals surface area (Å²) in [6.07, 6.45) is 0. The number of hydrogen-bond donors (Lipinski definition) is 0. The first kappa shape index (κ1) is 21.1. The molecule has 3 rings (SSSR count). The van der Waals surface area contributed by atoms with Crippen LogP contribution in [0.15, 0.2) is 42.5 Å². The van der Waals surface area contributed by atoms with Crippen molar-refractivity contribution in [2.75, 3.05) is 0 Å². The lowest BCUT2D eigenvalue weighted by atomic mass is 9.87. The molecule has 0 amide bonds. The van der Waals surface area contributed by atoms with Crippen molar-refractivity contribution in [1.82, 2.24) is 0 Å². The lowest BCUT2D eigenvalue weighted by Crippen LogP contribution is -2.20. The molecule has 0 aromatic heterocycles. The van der Waals surface area contributed by atoms with Crippen LogP contribution in [0.3, 0.4) is 0 Å². The van der Waals surface area contributed by atoms with E-state index in [1.165, 1.54) is 0 Å². The van der Waals surface area contributed by atoms with Crippen LogP contribution in [0.4, 0.5) is 0 Å². The van der Waals surface area contributed by atoms with Gasteiger partial charge in [0, 0.05) is 22.3 Å². The molecule has 3 aromatic carbocycles. The molecular weight excluding hydrogens is 375 g/mol. The largest absolute Gasteiger partial charge is 0.289 e. The second-order valence-electron chi connectivity index (χ2n) is 7.79. The fourth-order valence-corrected chi connectivity index (χ4v) is 4.09. The fourth-order valence-electron chi connectivity index (χ4n) is 3.70. The molecule has 148 valence electrons. The van der Waals surface area contributed by atoms with E-state index in [0.717, 1.165) is 38.7 Å². The number of rotatable bonds is 4. The lowest BCUT2D eigenvalue weighted by molar-refractivity contribution is 0.100. The van der Waals surface area contributed by atoms with Crippen LogP contribution in [0.1, 0.15) is 65.2 Å². The number of benzene rings is 3. The molecular formula is C26H27O2P. The van der Waals surface area contributed by atoms with Crippen LogP contribution in [0, 0.1) is 41.5 Å². The van der Waals surface area contributed by atoms with Gasteiger partial charge in [-0.3, -0.25) is 9.59 Å². The van der Waals surface area contributed by atoms with Crippen molar-refractivity contribution in [2.45, 2.75) is 41.5 Å². The van der Waals surface area contributed by atoms with Gasteiger partial charge in [-0.05, 0) is 80.2 Å². The third-order valence-corrected chi connectivity index (χ3v) is 6.65. The predicted molar refractivity (Wildman–Crippen MR) is 124 cm³/mol. The molecule has 0 radical (unpaired) electrons. The van der Waals surface area contributed by atoms with Gasteiger partial charge in [0.25, 0.3) is 0 Å². The summed E-state index contributed by atoms with van der Waals surface area (Å²) in [6, 6.07) is 13.1. The Hall–Kier alpha value is -2.57. The zero-order valence-electron chi connectivity index (χ0n) is 17.9. The summed E-state index contributed by atoms with van der Waals surface area (Å²) in [6.45, 7) is 12.1. The third-order valence-electron chi connectivity index (χ3n) is 6.17. The second kappa shape index (κ2) is 8.05. The number of carbonyl (C=O) groups is 2. The molecule has 3 aromatic rings. The Labute approximate surface area is 175 Å². The van der Waals surface area contributed by atoms with Gasteiger partial charge in [-0.2, -0.15) is 0 Å². The monoisotopic (exact) mass is 402 g/mol. The van der Waals surface area contributed by atoms with Crippen LogP contribution < -0.4 is 5.30 Å². The number of aryl methyl sites for hydroxylation is 2. The molecule has 0 saturated carbocycles. The molecule has 0 N–H and O–H groups in total. The van der Waals surface area contributed by atoms with Gasteiger partial charge in [0.15, 0.2) is 11.6 Å². The van der Waals surface area contributed by atoms with Gasteiger partial charge >= 0.3 is 0 Å². The minimum absolute atomic E-state index is 0.110. The molecule has 0 aliphatic heterocycles. The predicted octanol–water partition coefficient (Wildman–Crippen LogP) is 5.50. The minimum atomic E-state index is -0.111. The molecule has 1 unspecified atom stereocenters. The van der Waals surface area contributed by atoms with E-state index < -0.39 is 0 Å². The van der Waals surface area contributed by atoms with Crippen LogP contribution in [0.5, 0.6) is 0 Å². The summed E-state index contributed by atoms with van der Waals surface area (Å²) in [5.41, 5.74) is 8.65. The van der Waals surface area contributed by atoms with Crippen LogP contribution in [-0.4, -0.2) is 11.6 Å². The number of carbonyl (C=O) groups excluding carboxylic acids is 2. The molecule has 0 aliphatic carbocycles. The first-order valence-corrected chi connectivity index (χ1v) is 10.3. The Bertz CT molecular complexity index is 1160. The highest BCUT2D eigenvalue weighted by molar-refractivity contribution is 7.27. The van der Waals surface area contributed by atoms with E-state index in [2.05, 4.69) is 9.24 Å². The summed E-state index contributed by atoms with van der Waals surface area (Å²) in [5, 5.41) is 0.736. The quantitative estimate of drug-likeness (QED) is 0.427. The molecule has 2 nitrogen and oxygen atoms in total. The molecule has 0 spiro atoms. The number of hydrogen-bond acceptors (Lipinski definition) is 2. The fraction of sp³-hybridized carbons (Fsp3) is 0.231. The van der Waals surface area contributed by atoms with E-state index in [1.807, 2.05) is 77.9 Å². The topological polar surface area (TPSA) is 34.1 Å². The summed E-state index contributed by atoms with van der Waals surface area (Å²) in [4.78, 5) is 27.0. The summed E-state index contributed by atoms with van der Waals surface area (Å²) >= 11 is 0. The smallest absolute Gasteiger partial charge is 0.194 e. The third kappa shape index (κ3) is 3.70. The average molecular weight is 402 g/mol. The van der Waals surface area contributed by atoms with Gasteiger partial charge in [0.1, 0.15) is 0 Å². The zero-order chi connectivity index (χ0) is 21.5. The molecule has 0 heterocycles. The van der Waals surface area contributed by atoms with E-state index >= 15 is 0 Å². The Balaban J connectivity index is 2.19. The maximum Gasteiger partial charge on any atom is 0.194 e.